The van der Waals surface area contributed by atoms with E-state index in [1.54, 1.807) is 19.2 Å². The number of fused-ring (bicyclic) bond motifs is 3. The normalized spacial score (nSPS) is 29.0. The number of carboxylic acids is 1. The average molecular weight is 563 g/mol. The van der Waals surface area contributed by atoms with Crippen LogP contribution in [0.5, 0.6) is 0 Å². The molecular weight excluding hydrogens is 532 g/mol. The van der Waals surface area contributed by atoms with Gasteiger partial charge in [0.15, 0.2) is 10.8 Å². The lowest BCUT2D eigenvalue weighted by Gasteiger charge is -2.53. The topological polar surface area (TPSA) is 170 Å². The number of oxime groups is 1. The predicted molar refractivity (Wildman–Crippen MR) is 139 cm³/mol. The molecular formula is C24H30N6O6S2. The molecule has 2 amide bonds. The lowest BCUT2D eigenvalue weighted by Crippen LogP contribution is -2.72. The van der Waals surface area contributed by atoms with E-state index in [2.05, 4.69) is 21.7 Å². The van der Waals surface area contributed by atoms with E-state index in [1.165, 1.54) is 23.8 Å². The molecule has 4 N–H and O–H groups in total. The Labute approximate surface area is 227 Å². The van der Waals surface area contributed by atoms with Gasteiger partial charge in [0, 0.05) is 35.1 Å². The van der Waals surface area contributed by atoms with Gasteiger partial charge in [0.1, 0.15) is 30.8 Å². The summed E-state index contributed by atoms with van der Waals surface area (Å²) in [5, 5.41) is 30.6. The van der Waals surface area contributed by atoms with Gasteiger partial charge in [-0.05, 0) is 19.8 Å². The highest BCUT2D eigenvalue weighted by molar-refractivity contribution is 8.00. The molecule has 6 rings (SSSR count). The van der Waals surface area contributed by atoms with E-state index in [0.717, 1.165) is 42.8 Å². The summed E-state index contributed by atoms with van der Waals surface area (Å²) >= 11 is 2.52. The summed E-state index contributed by atoms with van der Waals surface area (Å²) in [6.07, 6.45) is 3.94. The van der Waals surface area contributed by atoms with Gasteiger partial charge in [-0.3, -0.25) is 19.0 Å². The highest BCUT2D eigenvalue weighted by atomic mass is 32.2. The molecule has 0 aliphatic carbocycles. The van der Waals surface area contributed by atoms with Crippen molar-refractivity contribution in [3.63, 3.8) is 0 Å². The molecule has 0 unspecified atom stereocenters. The minimum atomic E-state index is -1.42. The maximum Gasteiger partial charge on any atom is 0.276 e. The van der Waals surface area contributed by atoms with Gasteiger partial charge in [-0.25, -0.2) is 4.98 Å². The molecule has 0 radical (unpaired) electrons. The van der Waals surface area contributed by atoms with Crippen LogP contribution in [0.2, 0.25) is 0 Å². The molecule has 2 saturated heterocycles. The van der Waals surface area contributed by atoms with Gasteiger partial charge >= 0.3 is 0 Å². The molecule has 2 fully saturated rings. The summed E-state index contributed by atoms with van der Waals surface area (Å²) in [5.74, 6) is -1.92. The number of thioether (sulfide) groups is 1. The van der Waals surface area contributed by atoms with Gasteiger partial charge < -0.3 is 30.9 Å². The number of nitrogens with one attached hydrogen (secondary N) is 1. The number of thiazole rings is 1. The number of nitrogen functional groups attached to an aromatic ring is 1. The number of hydrogen-bond donors (Lipinski definition) is 3. The second-order valence-electron chi connectivity index (χ2n) is 10.5. The second kappa shape index (κ2) is 9.67. The Morgan fingerprint density at radius 3 is 2.68 bits per heavy atom. The molecule has 0 aromatic carbocycles. The minimum Gasteiger partial charge on any atom is -0.543 e. The van der Waals surface area contributed by atoms with Gasteiger partial charge in [-0.1, -0.05) is 5.16 Å². The fraction of sp³-hybridized carbons (Fsp3) is 0.542. The third-order valence-electron chi connectivity index (χ3n) is 7.60. The Balaban J connectivity index is 1.37. The fourth-order valence-corrected chi connectivity index (χ4v) is 7.74. The number of nitrogens with zero attached hydrogens (tertiary/aromatic N) is 4. The molecule has 5 aliphatic heterocycles. The first kappa shape index (κ1) is 26.7. The maximum absolute atomic E-state index is 13.2. The van der Waals surface area contributed by atoms with Crippen LogP contribution in [-0.2, 0) is 19.2 Å². The summed E-state index contributed by atoms with van der Waals surface area (Å²) in [6.45, 7) is 5.67. The molecule has 0 spiro atoms. The van der Waals surface area contributed by atoms with Crippen molar-refractivity contribution in [3.05, 3.63) is 34.1 Å². The van der Waals surface area contributed by atoms with Crippen molar-refractivity contribution in [2.24, 2.45) is 11.1 Å². The number of aliphatic hydroxyl groups is 1. The van der Waals surface area contributed by atoms with Crippen molar-refractivity contribution in [3.8, 4) is 0 Å². The maximum atomic E-state index is 13.2. The third kappa shape index (κ3) is 4.59. The predicted octanol–water partition coefficient (Wildman–Crippen LogP) is -0.625. The van der Waals surface area contributed by atoms with Crippen molar-refractivity contribution >= 4 is 51.7 Å². The fourth-order valence-electron chi connectivity index (χ4n) is 5.86. The summed E-state index contributed by atoms with van der Waals surface area (Å²) in [6, 6.07) is -0.944. The van der Waals surface area contributed by atoms with Crippen LogP contribution in [0, 0.1) is 5.92 Å². The van der Waals surface area contributed by atoms with Crippen LogP contribution < -0.4 is 16.2 Å². The van der Waals surface area contributed by atoms with E-state index in [4.69, 9.17) is 10.6 Å². The number of carbonyl (C=O) groups is 3. The number of carboxylic acid groups (broad SMARTS) is 1. The third-order valence-corrected chi connectivity index (χ3v) is 9.61. The van der Waals surface area contributed by atoms with Crippen LogP contribution in [-0.4, -0.2) is 92.5 Å². The van der Waals surface area contributed by atoms with E-state index >= 15 is 0 Å². The number of β-lactam (4-membered cyclic amide) rings is 1. The molecule has 12 nitrogen and oxygen atoms in total. The van der Waals surface area contributed by atoms with E-state index in [1.807, 2.05) is 0 Å². The Hall–Kier alpha value is -2.94. The van der Waals surface area contributed by atoms with Gasteiger partial charge in [-0.15, -0.1) is 23.1 Å². The molecule has 38 heavy (non-hydrogen) atoms. The van der Waals surface area contributed by atoms with Crippen molar-refractivity contribution in [1.29, 1.82) is 0 Å². The van der Waals surface area contributed by atoms with Crippen molar-refractivity contribution in [1.82, 2.24) is 15.2 Å². The Morgan fingerprint density at radius 2 is 2.11 bits per heavy atom. The van der Waals surface area contributed by atoms with Crippen molar-refractivity contribution < 1.29 is 33.9 Å². The zero-order chi connectivity index (χ0) is 27.4. The summed E-state index contributed by atoms with van der Waals surface area (Å²) in [7, 11) is 1.28. The number of quaternary nitrogens is 1. The number of rotatable bonds is 8. The molecule has 1 aromatic rings. The summed E-state index contributed by atoms with van der Waals surface area (Å²) in [5.41, 5.74) is 6.28. The summed E-state index contributed by atoms with van der Waals surface area (Å²) in [4.78, 5) is 48.5. The monoisotopic (exact) mass is 562 g/mol. The van der Waals surface area contributed by atoms with Crippen LogP contribution in [0.1, 0.15) is 32.4 Å². The Bertz CT molecular complexity index is 1270. The SMILES string of the molecule is CO/N=C(\C(=O)N[C@@H]1C(=O)N2C(C(=O)[O-])=C(C[N+]34C=C(C(C)(C)O)C(CC3)CC4)CS[C@H]12)c1csc(N)n1. The minimum absolute atomic E-state index is 0.124. The molecule has 14 heteroatoms. The second-order valence-corrected chi connectivity index (χ2v) is 12.5. The Morgan fingerprint density at radius 1 is 1.39 bits per heavy atom. The Kier molecular flexibility index (Phi) is 6.78. The lowest BCUT2D eigenvalue weighted by atomic mass is 9.77. The largest absolute Gasteiger partial charge is 0.543 e. The first-order valence-electron chi connectivity index (χ1n) is 12.3. The van der Waals surface area contributed by atoms with Crippen LogP contribution in [0.15, 0.2) is 33.6 Å². The summed E-state index contributed by atoms with van der Waals surface area (Å²) < 4.78 is 0.545. The standard InChI is InChI=1S/C24H30N6O6S2/c1-24(2,35)14-9-30(6-4-12(14)5-7-30)8-13-10-37-21-17(20(32)29(21)18(13)22(33)34)27-19(31)16(28-36-3)15-11-38-23(25)26-15/h9,11-12,17,21,35H,4-8,10H2,1-3H3,(H3-,25,26,27,31,33,34)/b28-16-/t12?,17-,21-,30?/m1/s1. The van der Waals surface area contributed by atoms with Gasteiger partial charge in [-0.2, -0.15) is 0 Å². The molecule has 204 valence electrons. The number of aliphatic carboxylic acids is 1. The van der Waals surface area contributed by atoms with E-state index in [0.29, 0.717) is 28.3 Å². The van der Waals surface area contributed by atoms with E-state index in [-0.39, 0.29) is 22.2 Å². The average Bonchev–Trinajstić information content (AvgIpc) is 3.30. The first-order valence-corrected chi connectivity index (χ1v) is 14.2. The van der Waals surface area contributed by atoms with E-state index < -0.39 is 34.8 Å². The quantitative estimate of drug-likeness (QED) is 0.162. The van der Waals surface area contributed by atoms with Crippen LogP contribution in [0.3, 0.4) is 0 Å². The van der Waals surface area contributed by atoms with Gasteiger partial charge in [0.05, 0.1) is 36.6 Å². The van der Waals surface area contributed by atoms with Crippen LogP contribution in [0.4, 0.5) is 5.13 Å². The molecule has 1 aromatic heterocycles. The smallest absolute Gasteiger partial charge is 0.276 e. The number of hydrogen-bond acceptors (Lipinski definition) is 11. The molecule has 0 saturated carbocycles. The highest BCUT2D eigenvalue weighted by Crippen LogP contribution is 2.45. The zero-order valence-corrected chi connectivity index (χ0v) is 22.9. The molecule has 6 heterocycles. The first-order chi connectivity index (χ1) is 17.9. The number of carbonyl (C=O) groups excluding carboxylic acids is 3. The number of nitrogens with two attached hydrogens (primary N) is 1. The molecule has 2 atom stereocenters. The van der Waals surface area contributed by atoms with Gasteiger partial charge in [0.25, 0.3) is 11.8 Å². The van der Waals surface area contributed by atoms with Crippen LogP contribution >= 0.6 is 23.1 Å². The zero-order valence-electron chi connectivity index (χ0n) is 21.3. The lowest BCUT2D eigenvalue weighted by molar-refractivity contribution is -0.886. The molecule has 2 bridgehead atoms. The van der Waals surface area contributed by atoms with Crippen molar-refractivity contribution in [2.45, 2.75) is 43.7 Å². The van der Waals surface area contributed by atoms with E-state index in [9.17, 15) is 24.6 Å². The van der Waals surface area contributed by atoms with Gasteiger partial charge in [0.2, 0.25) is 0 Å². The number of anilines is 1. The number of aromatic nitrogens is 1. The molecule has 5 aliphatic rings. The highest BCUT2D eigenvalue weighted by Gasteiger charge is 2.54. The number of amides is 2. The van der Waals surface area contributed by atoms with Crippen LogP contribution in [0.25, 0.3) is 0 Å². The number of piperidine rings is 1. The van der Waals surface area contributed by atoms with Crippen molar-refractivity contribution in [2.75, 3.05) is 38.2 Å².